The molecule has 0 radical (unpaired) electrons. The molecule has 0 aliphatic carbocycles. The van der Waals surface area contributed by atoms with E-state index in [1.807, 2.05) is 0 Å². The van der Waals surface area contributed by atoms with E-state index in [1.54, 1.807) is 18.4 Å². The maximum absolute atomic E-state index is 12.8. The number of anilines is 1. The van der Waals surface area contributed by atoms with Crippen LogP contribution in [-0.2, 0) is 6.54 Å². The van der Waals surface area contributed by atoms with E-state index >= 15 is 0 Å². The molecular formula is C12H8BrF2NO3. The van der Waals surface area contributed by atoms with Gasteiger partial charge in [-0.25, -0.2) is 0 Å². The van der Waals surface area contributed by atoms with Gasteiger partial charge in [0.1, 0.15) is 5.76 Å². The predicted molar refractivity (Wildman–Crippen MR) is 66.4 cm³/mol. The summed E-state index contributed by atoms with van der Waals surface area (Å²) in [5, 5.41) is 3.04. The summed E-state index contributed by atoms with van der Waals surface area (Å²) in [6.07, 6.45) is -2.04. The van der Waals surface area contributed by atoms with Crippen molar-refractivity contribution < 1.29 is 22.7 Å². The first kappa shape index (κ1) is 12.3. The number of nitrogens with one attached hydrogen (secondary N) is 1. The zero-order chi connectivity index (χ0) is 13.5. The smallest absolute Gasteiger partial charge is 0.466 e. The lowest BCUT2D eigenvalue weighted by atomic mass is 10.2. The average Bonchev–Trinajstić information content (AvgIpc) is 2.87. The van der Waals surface area contributed by atoms with Crippen LogP contribution in [0, 0.1) is 0 Å². The molecule has 0 spiro atoms. The number of ether oxygens (including phenoxy) is 2. The highest BCUT2D eigenvalue weighted by atomic mass is 79.9. The maximum atomic E-state index is 12.8. The van der Waals surface area contributed by atoms with Gasteiger partial charge in [0.05, 0.1) is 17.3 Å². The zero-order valence-corrected chi connectivity index (χ0v) is 11.0. The van der Waals surface area contributed by atoms with Crippen LogP contribution in [0.2, 0.25) is 0 Å². The molecule has 1 aromatic heterocycles. The SMILES string of the molecule is FC1(F)Oc2ccc(NCc3occc3Br)cc2O1. The van der Waals surface area contributed by atoms with Crippen molar-refractivity contribution in [2.45, 2.75) is 12.8 Å². The Kier molecular flexibility index (Phi) is 2.85. The summed E-state index contributed by atoms with van der Waals surface area (Å²) in [6, 6.07) is 6.28. The van der Waals surface area contributed by atoms with Crippen LogP contribution in [0.3, 0.4) is 0 Å². The van der Waals surface area contributed by atoms with E-state index in [0.29, 0.717) is 18.0 Å². The van der Waals surface area contributed by atoms with Gasteiger partial charge in [0.2, 0.25) is 0 Å². The number of rotatable bonds is 3. The van der Waals surface area contributed by atoms with Gasteiger partial charge in [-0.2, -0.15) is 0 Å². The lowest BCUT2D eigenvalue weighted by Crippen LogP contribution is -2.25. The lowest BCUT2D eigenvalue weighted by molar-refractivity contribution is -0.286. The van der Waals surface area contributed by atoms with Crippen LogP contribution in [0.5, 0.6) is 11.5 Å². The van der Waals surface area contributed by atoms with Crippen LogP contribution in [0.15, 0.2) is 39.4 Å². The Balaban J connectivity index is 1.72. The molecule has 0 fully saturated rings. The van der Waals surface area contributed by atoms with Gasteiger partial charge in [-0.15, -0.1) is 8.78 Å². The maximum Gasteiger partial charge on any atom is 0.586 e. The number of furan rings is 1. The minimum Gasteiger partial charge on any atom is -0.466 e. The van der Waals surface area contributed by atoms with E-state index in [4.69, 9.17) is 4.42 Å². The Morgan fingerprint density at radius 3 is 2.68 bits per heavy atom. The van der Waals surface area contributed by atoms with Crippen molar-refractivity contribution in [2.24, 2.45) is 0 Å². The highest BCUT2D eigenvalue weighted by molar-refractivity contribution is 9.10. The van der Waals surface area contributed by atoms with Crippen LogP contribution in [0.25, 0.3) is 0 Å². The fourth-order valence-corrected chi connectivity index (χ4v) is 2.03. The van der Waals surface area contributed by atoms with E-state index < -0.39 is 6.29 Å². The number of hydrogen-bond acceptors (Lipinski definition) is 4. The first-order chi connectivity index (χ1) is 9.03. The minimum atomic E-state index is -3.59. The van der Waals surface area contributed by atoms with Crippen LogP contribution in [0.4, 0.5) is 14.5 Å². The van der Waals surface area contributed by atoms with Crippen LogP contribution < -0.4 is 14.8 Å². The first-order valence-electron chi connectivity index (χ1n) is 5.39. The Morgan fingerprint density at radius 2 is 1.95 bits per heavy atom. The Bertz CT molecular complexity index is 615. The Hall–Kier alpha value is -1.76. The molecular weight excluding hydrogens is 324 g/mol. The molecule has 2 aromatic rings. The second kappa shape index (κ2) is 4.41. The van der Waals surface area contributed by atoms with Crippen LogP contribution >= 0.6 is 15.9 Å². The van der Waals surface area contributed by atoms with Crippen molar-refractivity contribution in [3.05, 3.63) is 40.8 Å². The van der Waals surface area contributed by atoms with Crippen molar-refractivity contribution in [3.63, 3.8) is 0 Å². The molecule has 1 aliphatic rings. The van der Waals surface area contributed by atoms with E-state index in [-0.39, 0.29) is 11.5 Å². The fourth-order valence-electron chi connectivity index (χ4n) is 1.69. The van der Waals surface area contributed by atoms with E-state index in [9.17, 15) is 8.78 Å². The van der Waals surface area contributed by atoms with Gasteiger partial charge in [-0.05, 0) is 34.1 Å². The van der Waals surface area contributed by atoms with Crippen molar-refractivity contribution in [1.82, 2.24) is 0 Å². The van der Waals surface area contributed by atoms with E-state index in [2.05, 4.69) is 30.7 Å². The van der Waals surface area contributed by atoms with Gasteiger partial charge in [-0.1, -0.05) is 0 Å². The molecule has 0 saturated heterocycles. The molecule has 7 heteroatoms. The summed E-state index contributed by atoms with van der Waals surface area (Å²) >= 11 is 3.33. The second-order valence-electron chi connectivity index (χ2n) is 3.87. The van der Waals surface area contributed by atoms with E-state index in [1.165, 1.54) is 12.1 Å². The molecule has 3 rings (SSSR count). The van der Waals surface area contributed by atoms with E-state index in [0.717, 1.165) is 4.47 Å². The average molecular weight is 332 g/mol. The molecule has 1 aromatic carbocycles. The summed E-state index contributed by atoms with van der Waals surface area (Å²) in [6.45, 7) is 0.420. The lowest BCUT2D eigenvalue weighted by Gasteiger charge is -2.05. The van der Waals surface area contributed by atoms with Crippen molar-refractivity contribution >= 4 is 21.6 Å². The summed E-state index contributed by atoms with van der Waals surface area (Å²) in [4.78, 5) is 0. The molecule has 0 amide bonds. The summed E-state index contributed by atoms with van der Waals surface area (Å²) in [7, 11) is 0. The van der Waals surface area contributed by atoms with Gasteiger partial charge in [-0.3, -0.25) is 0 Å². The van der Waals surface area contributed by atoms with Gasteiger partial charge in [0.25, 0.3) is 0 Å². The molecule has 0 unspecified atom stereocenters. The second-order valence-corrected chi connectivity index (χ2v) is 4.73. The van der Waals surface area contributed by atoms with Crippen molar-refractivity contribution in [3.8, 4) is 11.5 Å². The molecule has 4 nitrogen and oxygen atoms in total. The van der Waals surface area contributed by atoms with Gasteiger partial charge in [0, 0.05) is 11.8 Å². The monoisotopic (exact) mass is 331 g/mol. The third-order valence-electron chi connectivity index (χ3n) is 2.55. The van der Waals surface area contributed by atoms with Crippen molar-refractivity contribution in [2.75, 3.05) is 5.32 Å². The van der Waals surface area contributed by atoms with Crippen LogP contribution in [-0.4, -0.2) is 6.29 Å². The van der Waals surface area contributed by atoms with Crippen molar-refractivity contribution in [1.29, 1.82) is 0 Å². The molecule has 0 atom stereocenters. The highest BCUT2D eigenvalue weighted by Crippen LogP contribution is 2.42. The fraction of sp³-hybridized carbons (Fsp3) is 0.167. The number of hydrogen-bond donors (Lipinski definition) is 1. The number of halogens is 3. The molecule has 0 saturated carbocycles. The number of benzene rings is 1. The number of fused-ring (bicyclic) bond motifs is 1. The molecule has 1 aliphatic heterocycles. The minimum absolute atomic E-state index is 0.00788. The summed E-state index contributed by atoms with van der Waals surface area (Å²) in [5.74, 6) is 0.742. The molecule has 2 heterocycles. The van der Waals surface area contributed by atoms with Gasteiger partial charge < -0.3 is 19.2 Å². The normalized spacial score (nSPS) is 15.5. The third-order valence-corrected chi connectivity index (χ3v) is 3.25. The quantitative estimate of drug-likeness (QED) is 0.924. The highest BCUT2D eigenvalue weighted by Gasteiger charge is 2.43. The molecule has 19 heavy (non-hydrogen) atoms. The Labute approximate surface area is 115 Å². The first-order valence-corrected chi connectivity index (χ1v) is 6.18. The standard InChI is InChI=1S/C12H8BrF2NO3/c13-8-3-4-17-11(8)6-16-7-1-2-9-10(5-7)19-12(14,15)18-9/h1-5,16H,6H2. The topological polar surface area (TPSA) is 43.6 Å². The largest absolute Gasteiger partial charge is 0.586 e. The number of alkyl halides is 2. The van der Waals surface area contributed by atoms with Gasteiger partial charge in [0.15, 0.2) is 11.5 Å². The Morgan fingerprint density at radius 1 is 1.16 bits per heavy atom. The van der Waals surface area contributed by atoms with Crippen LogP contribution in [0.1, 0.15) is 5.76 Å². The summed E-state index contributed by atoms with van der Waals surface area (Å²) < 4.78 is 40.4. The van der Waals surface area contributed by atoms with Gasteiger partial charge >= 0.3 is 6.29 Å². The molecule has 100 valence electrons. The molecule has 0 bridgehead atoms. The zero-order valence-electron chi connectivity index (χ0n) is 9.45. The predicted octanol–water partition coefficient (Wildman–Crippen LogP) is 3.98. The summed E-state index contributed by atoms with van der Waals surface area (Å²) in [5.41, 5.74) is 0.628. The third kappa shape index (κ3) is 2.51. The molecule has 1 N–H and O–H groups in total.